The molecule has 0 rings (SSSR count). The Balaban J connectivity index is 4.35. The lowest BCUT2D eigenvalue weighted by Gasteiger charge is -2.19. The topological polar surface area (TPSA) is 40.5 Å². The molecule has 0 aliphatic heterocycles. The van der Waals surface area contributed by atoms with Gasteiger partial charge in [0.05, 0.1) is 0 Å². The first-order valence-electron chi connectivity index (χ1n) is 5.82. The molecule has 0 heterocycles. The Morgan fingerprint density at radius 1 is 0.867 bits per heavy atom. The van der Waals surface area contributed by atoms with Crippen LogP contribution in [-0.4, -0.2) is 21.4 Å². The minimum absolute atomic E-state index is 0.643. The van der Waals surface area contributed by atoms with Gasteiger partial charge in [0, 0.05) is 0 Å². The molecule has 0 aromatic rings. The van der Waals surface area contributed by atoms with Crippen LogP contribution in [0.5, 0.6) is 0 Å². The minimum Gasteiger partial charge on any atom is -0.378 e. The van der Waals surface area contributed by atoms with E-state index < -0.39 is 11.2 Å². The maximum Gasteiger partial charge on any atom is 0.122 e. The van der Waals surface area contributed by atoms with Crippen LogP contribution in [0.25, 0.3) is 0 Å². The summed E-state index contributed by atoms with van der Waals surface area (Å²) >= 11 is 0. The third-order valence-corrected chi connectivity index (χ3v) is 2.36. The Bertz CT molecular complexity index is 231. The highest BCUT2D eigenvalue weighted by Crippen LogP contribution is 2.15. The van der Waals surface area contributed by atoms with Crippen molar-refractivity contribution in [2.24, 2.45) is 0 Å². The highest BCUT2D eigenvalue weighted by molar-refractivity contribution is 5.19. The predicted molar refractivity (Wildman–Crippen MR) is 63.5 cm³/mol. The summed E-state index contributed by atoms with van der Waals surface area (Å²) in [5, 5.41) is 19.7. The average molecular weight is 212 g/mol. The quantitative estimate of drug-likeness (QED) is 0.687. The van der Waals surface area contributed by atoms with Crippen molar-refractivity contribution in [2.45, 2.75) is 71.0 Å². The van der Waals surface area contributed by atoms with Crippen LogP contribution >= 0.6 is 0 Å². The van der Waals surface area contributed by atoms with Crippen molar-refractivity contribution in [1.29, 1.82) is 0 Å². The van der Waals surface area contributed by atoms with Gasteiger partial charge in [-0.25, -0.2) is 0 Å². The van der Waals surface area contributed by atoms with Gasteiger partial charge < -0.3 is 10.2 Å². The molecule has 0 amide bonds. The molecule has 2 atom stereocenters. The minimum atomic E-state index is -0.967. The molecule has 0 saturated carbocycles. The molecular weight excluding hydrogens is 188 g/mol. The van der Waals surface area contributed by atoms with E-state index in [1.807, 2.05) is 6.92 Å². The molecule has 15 heavy (non-hydrogen) atoms. The van der Waals surface area contributed by atoms with Gasteiger partial charge in [-0.2, -0.15) is 0 Å². The molecule has 0 aliphatic rings. The number of hydrogen-bond acceptors (Lipinski definition) is 2. The van der Waals surface area contributed by atoms with Crippen LogP contribution in [0.2, 0.25) is 0 Å². The average Bonchev–Trinajstić information content (AvgIpc) is 2.12. The fourth-order valence-corrected chi connectivity index (χ4v) is 1.40. The van der Waals surface area contributed by atoms with Gasteiger partial charge in [-0.15, -0.1) is 0 Å². The molecule has 0 saturated heterocycles. The van der Waals surface area contributed by atoms with E-state index in [0.29, 0.717) is 12.8 Å². The van der Waals surface area contributed by atoms with Crippen molar-refractivity contribution < 1.29 is 10.2 Å². The van der Waals surface area contributed by atoms with E-state index in [2.05, 4.69) is 18.8 Å². The second-order valence-electron chi connectivity index (χ2n) is 4.65. The number of rotatable bonds is 5. The summed E-state index contributed by atoms with van der Waals surface area (Å²) < 4.78 is 0. The predicted octanol–water partition coefficient (Wildman–Crippen LogP) is 2.48. The van der Waals surface area contributed by atoms with Crippen LogP contribution < -0.4 is 0 Å². The zero-order valence-corrected chi connectivity index (χ0v) is 10.4. The maximum absolute atomic E-state index is 9.89. The van der Waals surface area contributed by atoms with Crippen molar-refractivity contribution in [3.8, 4) is 11.8 Å². The summed E-state index contributed by atoms with van der Waals surface area (Å²) in [6.07, 6.45) is 4.20. The molecule has 0 spiro atoms. The Kier molecular flexibility index (Phi) is 5.93. The number of unbranched alkanes of at least 4 members (excludes halogenated alkanes) is 1. The maximum atomic E-state index is 9.89. The third kappa shape index (κ3) is 7.41. The first-order chi connectivity index (χ1) is 6.83. The van der Waals surface area contributed by atoms with Crippen molar-refractivity contribution in [2.75, 3.05) is 0 Å². The van der Waals surface area contributed by atoms with Crippen molar-refractivity contribution >= 4 is 0 Å². The van der Waals surface area contributed by atoms with E-state index in [-0.39, 0.29) is 0 Å². The molecule has 2 nitrogen and oxygen atoms in total. The highest BCUT2D eigenvalue weighted by Gasteiger charge is 2.19. The van der Waals surface area contributed by atoms with Gasteiger partial charge in [0.15, 0.2) is 0 Å². The van der Waals surface area contributed by atoms with Crippen LogP contribution in [0.3, 0.4) is 0 Å². The van der Waals surface area contributed by atoms with Gasteiger partial charge in [0.2, 0.25) is 0 Å². The van der Waals surface area contributed by atoms with E-state index in [9.17, 15) is 10.2 Å². The lowest BCUT2D eigenvalue weighted by atomic mass is 9.96. The molecule has 0 radical (unpaired) electrons. The Morgan fingerprint density at radius 3 is 1.73 bits per heavy atom. The van der Waals surface area contributed by atoms with E-state index in [1.165, 1.54) is 0 Å². The molecular formula is C13H24O2. The molecule has 0 fully saturated rings. The SMILES string of the molecule is CCCCC(C)(O)C#CC(C)(O)CCC. The zero-order chi connectivity index (χ0) is 11.9. The second kappa shape index (κ2) is 6.15. The van der Waals surface area contributed by atoms with Crippen LogP contribution in [0.15, 0.2) is 0 Å². The first kappa shape index (κ1) is 14.5. The number of aliphatic hydroxyl groups is 2. The normalized spacial score (nSPS) is 18.5. The van der Waals surface area contributed by atoms with Gasteiger partial charge in [0.1, 0.15) is 11.2 Å². The van der Waals surface area contributed by atoms with Crippen molar-refractivity contribution in [3.05, 3.63) is 0 Å². The van der Waals surface area contributed by atoms with Gasteiger partial charge in [-0.3, -0.25) is 0 Å². The fourth-order valence-electron chi connectivity index (χ4n) is 1.40. The van der Waals surface area contributed by atoms with Gasteiger partial charge in [0.25, 0.3) is 0 Å². The summed E-state index contributed by atoms with van der Waals surface area (Å²) in [6, 6.07) is 0. The molecule has 0 aromatic carbocycles. The van der Waals surface area contributed by atoms with E-state index >= 15 is 0 Å². The molecule has 0 bridgehead atoms. The van der Waals surface area contributed by atoms with Gasteiger partial charge >= 0.3 is 0 Å². The lowest BCUT2D eigenvalue weighted by molar-refractivity contribution is 0.0984. The van der Waals surface area contributed by atoms with Crippen LogP contribution in [-0.2, 0) is 0 Å². The van der Waals surface area contributed by atoms with E-state index in [0.717, 1.165) is 19.3 Å². The third-order valence-electron chi connectivity index (χ3n) is 2.36. The molecule has 2 heteroatoms. The highest BCUT2D eigenvalue weighted by atomic mass is 16.3. The summed E-state index contributed by atoms with van der Waals surface area (Å²) in [5.41, 5.74) is -1.93. The first-order valence-corrected chi connectivity index (χ1v) is 5.82. The van der Waals surface area contributed by atoms with Crippen molar-refractivity contribution in [1.82, 2.24) is 0 Å². The number of hydrogen-bond donors (Lipinski definition) is 2. The van der Waals surface area contributed by atoms with E-state index in [4.69, 9.17) is 0 Å². The molecule has 0 aromatic heterocycles. The Hall–Kier alpha value is -0.520. The summed E-state index contributed by atoms with van der Waals surface area (Å²) in [6.45, 7) is 7.49. The van der Waals surface area contributed by atoms with Crippen molar-refractivity contribution in [3.63, 3.8) is 0 Å². The Labute approximate surface area is 93.7 Å². The monoisotopic (exact) mass is 212 g/mol. The van der Waals surface area contributed by atoms with Gasteiger partial charge in [-0.05, 0) is 33.1 Å². The smallest absolute Gasteiger partial charge is 0.122 e. The van der Waals surface area contributed by atoms with Crippen LogP contribution in [0.4, 0.5) is 0 Å². The molecule has 0 aliphatic carbocycles. The van der Waals surface area contributed by atoms with Crippen LogP contribution in [0.1, 0.15) is 59.8 Å². The summed E-state index contributed by atoms with van der Waals surface area (Å²) in [7, 11) is 0. The summed E-state index contributed by atoms with van der Waals surface area (Å²) in [4.78, 5) is 0. The fraction of sp³-hybridized carbons (Fsp3) is 0.846. The lowest BCUT2D eigenvalue weighted by Crippen LogP contribution is -2.25. The standard InChI is InChI=1S/C13H24O2/c1-5-7-9-13(4,15)11-10-12(3,14)8-6-2/h14-15H,5-9H2,1-4H3. The van der Waals surface area contributed by atoms with Gasteiger partial charge in [-0.1, -0.05) is 38.5 Å². The van der Waals surface area contributed by atoms with Crippen LogP contribution in [0, 0.1) is 11.8 Å². The largest absolute Gasteiger partial charge is 0.378 e. The molecule has 2 N–H and O–H groups in total. The summed E-state index contributed by atoms with van der Waals surface area (Å²) in [5.74, 6) is 5.54. The van der Waals surface area contributed by atoms with E-state index in [1.54, 1.807) is 13.8 Å². The second-order valence-corrected chi connectivity index (χ2v) is 4.65. The molecule has 2 unspecified atom stereocenters. The zero-order valence-electron chi connectivity index (χ0n) is 10.4. The molecule has 88 valence electrons. The Morgan fingerprint density at radius 2 is 1.33 bits per heavy atom.